The zero-order chi connectivity index (χ0) is 33.6. The van der Waals surface area contributed by atoms with Crippen molar-refractivity contribution in [3.05, 3.63) is 131 Å². The Morgan fingerprint density at radius 2 is 1.64 bits per heavy atom. The highest BCUT2D eigenvalue weighted by Crippen LogP contribution is 2.37. The van der Waals surface area contributed by atoms with Crippen molar-refractivity contribution < 1.29 is 8.85 Å². The van der Waals surface area contributed by atoms with Crippen molar-refractivity contribution in [2.75, 3.05) is 0 Å². The number of aromatic nitrogens is 4. The first kappa shape index (κ1) is 25.2. The predicted molar refractivity (Wildman–Crippen MR) is 185 cm³/mol. The van der Waals surface area contributed by atoms with E-state index < -0.39 is 6.85 Å². The molecule has 0 aliphatic carbocycles. The molecular formula is C40H38N4O. The third-order valence-electron chi connectivity index (χ3n) is 8.47. The zero-order valence-corrected chi connectivity index (χ0v) is 26.1. The van der Waals surface area contributed by atoms with E-state index in [1.807, 2.05) is 60.1 Å². The maximum Gasteiger partial charge on any atom is 0.137 e. The van der Waals surface area contributed by atoms with Gasteiger partial charge in [-0.15, -0.1) is 0 Å². The summed E-state index contributed by atoms with van der Waals surface area (Å²) in [6, 6.07) is 32.1. The zero-order valence-electron chi connectivity index (χ0n) is 29.1. The summed E-state index contributed by atoms with van der Waals surface area (Å²) >= 11 is 0. The molecule has 0 N–H and O–H groups in total. The summed E-state index contributed by atoms with van der Waals surface area (Å²) < 4.78 is 34.8. The van der Waals surface area contributed by atoms with E-state index in [0.29, 0.717) is 11.3 Å². The van der Waals surface area contributed by atoms with Gasteiger partial charge in [0.25, 0.3) is 0 Å². The van der Waals surface area contributed by atoms with E-state index >= 15 is 0 Å². The van der Waals surface area contributed by atoms with Crippen LogP contribution >= 0.6 is 0 Å². The summed E-state index contributed by atoms with van der Waals surface area (Å²) in [5, 5.41) is 6.77. The van der Waals surface area contributed by atoms with E-state index in [1.165, 1.54) is 5.56 Å². The summed E-state index contributed by atoms with van der Waals surface area (Å²) in [7, 11) is 0. The molecule has 0 aliphatic rings. The number of rotatable bonds is 8. The number of pyridine rings is 1. The molecule has 7 aromatic rings. The molecule has 0 atom stereocenters. The highest BCUT2D eigenvalue weighted by Gasteiger charge is 2.18. The van der Waals surface area contributed by atoms with E-state index in [-0.39, 0.29) is 0 Å². The van der Waals surface area contributed by atoms with Crippen molar-refractivity contribution >= 4 is 21.8 Å². The van der Waals surface area contributed by atoms with Crippen molar-refractivity contribution in [2.45, 2.75) is 53.8 Å². The van der Waals surface area contributed by atoms with Crippen LogP contribution in [0.5, 0.6) is 11.5 Å². The highest BCUT2D eigenvalue weighted by atomic mass is 16.5. The van der Waals surface area contributed by atoms with Gasteiger partial charge in [0.1, 0.15) is 17.3 Å². The molecule has 0 amide bonds. The number of hydrogen-bond acceptors (Lipinski definition) is 3. The molecule has 0 fully saturated rings. The summed E-state index contributed by atoms with van der Waals surface area (Å²) in [6.45, 7) is 6.21. The van der Waals surface area contributed by atoms with Gasteiger partial charge in [-0.2, -0.15) is 5.10 Å². The van der Waals surface area contributed by atoms with Crippen LogP contribution in [0.15, 0.2) is 103 Å². The van der Waals surface area contributed by atoms with E-state index in [1.54, 1.807) is 18.3 Å². The molecule has 0 aliphatic heterocycles. The summed E-state index contributed by atoms with van der Waals surface area (Å²) in [5.74, 6) is 2.16. The first-order chi connectivity index (χ1) is 23.1. The summed E-state index contributed by atoms with van der Waals surface area (Å²) in [5.41, 5.74) is 9.65. The van der Waals surface area contributed by atoms with Gasteiger partial charge < -0.3 is 4.74 Å². The SMILES string of the molecule is [2H]C([2H])([2H])c1ccc2c(c1)c1ccc(Oc3cc(CCCC)cc(-n4nc(C)c(-c5ccccc5)c4C)c3)cc1n2-c1cc(C)ccn1. The average molecular weight is 594 g/mol. The average Bonchev–Trinajstić information content (AvgIpc) is 3.55. The van der Waals surface area contributed by atoms with Gasteiger partial charge in [-0.1, -0.05) is 55.3 Å². The first-order valence-corrected chi connectivity index (χ1v) is 15.6. The van der Waals surface area contributed by atoms with E-state index in [0.717, 1.165) is 86.4 Å². The minimum atomic E-state index is -2.21. The maximum absolute atomic E-state index is 8.01. The van der Waals surface area contributed by atoms with Gasteiger partial charge in [-0.3, -0.25) is 4.57 Å². The third kappa shape index (κ3) is 5.40. The Hall–Kier alpha value is -5.16. The predicted octanol–water partition coefficient (Wildman–Crippen LogP) is 10.4. The number of fused-ring (bicyclic) bond motifs is 3. The smallest absolute Gasteiger partial charge is 0.137 e. The molecule has 7 rings (SSSR count). The van der Waals surface area contributed by atoms with Crippen LogP contribution < -0.4 is 4.74 Å². The fourth-order valence-electron chi connectivity index (χ4n) is 6.36. The van der Waals surface area contributed by atoms with Crippen LogP contribution in [0.3, 0.4) is 0 Å². The van der Waals surface area contributed by atoms with Crippen molar-refractivity contribution in [1.82, 2.24) is 19.3 Å². The van der Waals surface area contributed by atoms with Crippen LogP contribution in [-0.2, 0) is 6.42 Å². The number of aryl methyl sites for hydroxylation is 4. The normalized spacial score (nSPS) is 12.8. The van der Waals surface area contributed by atoms with Crippen molar-refractivity contribution in [3.63, 3.8) is 0 Å². The second-order valence-electron chi connectivity index (χ2n) is 11.8. The Balaban J connectivity index is 1.35. The number of hydrogen-bond donors (Lipinski definition) is 0. The van der Waals surface area contributed by atoms with E-state index in [4.69, 9.17) is 18.9 Å². The lowest BCUT2D eigenvalue weighted by molar-refractivity contribution is 0.482. The molecule has 0 spiro atoms. The highest BCUT2D eigenvalue weighted by molar-refractivity contribution is 6.09. The molecule has 0 saturated carbocycles. The molecule has 224 valence electrons. The molecule has 4 aromatic carbocycles. The number of nitrogens with zero attached hydrogens (tertiary/aromatic N) is 4. The molecule has 5 heteroatoms. The van der Waals surface area contributed by atoms with Gasteiger partial charge >= 0.3 is 0 Å². The molecule has 0 unspecified atom stereocenters. The maximum atomic E-state index is 8.01. The van der Waals surface area contributed by atoms with Crippen LogP contribution in [0.2, 0.25) is 0 Å². The lowest BCUT2D eigenvalue weighted by Crippen LogP contribution is -2.02. The lowest BCUT2D eigenvalue weighted by atomic mass is 10.0. The Labute approximate surface area is 269 Å². The quantitative estimate of drug-likeness (QED) is 0.176. The van der Waals surface area contributed by atoms with Gasteiger partial charge in [0.15, 0.2) is 0 Å². The third-order valence-corrected chi connectivity index (χ3v) is 8.47. The largest absolute Gasteiger partial charge is 0.457 e. The van der Waals surface area contributed by atoms with E-state index in [9.17, 15) is 0 Å². The minimum Gasteiger partial charge on any atom is -0.457 e. The van der Waals surface area contributed by atoms with Crippen molar-refractivity contribution in [1.29, 1.82) is 0 Å². The van der Waals surface area contributed by atoms with E-state index in [2.05, 4.69) is 61.7 Å². The minimum absolute atomic E-state index is 0.308. The summed E-state index contributed by atoms with van der Waals surface area (Å²) in [4.78, 5) is 4.69. The monoisotopic (exact) mass is 593 g/mol. The standard InChI is InChI=1S/C40H38N4O/c1-6-7-11-30-22-32(44-29(5)40(28(4)42-44)31-12-9-8-10-13-31)24-34(23-30)45-33-15-16-35-36-20-26(2)14-17-37(36)43(38(35)25-33)39-21-27(3)18-19-41-39/h8-10,12-25H,6-7,11H2,1-5H3/i2D3. The Kier molecular flexibility index (Phi) is 6.57. The fourth-order valence-corrected chi connectivity index (χ4v) is 6.36. The number of ether oxygens (including phenoxy) is 1. The van der Waals surface area contributed by atoms with Crippen LogP contribution in [0.25, 0.3) is 44.4 Å². The Bertz CT molecular complexity index is 2280. The lowest BCUT2D eigenvalue weighted by Gasteiger charge is -2.13. The van der Waals surface area contributed by atoms with Gasteiger partial charge in [0, 0.05) is 44.5 Å². The molecule has 3 heterocycles. The van der Waals surface area contributed by atoms with Gasteiger partial charge in [0.2, 0.25) is 0 Å². The van der Waals surface area contributed by atoms with Crippen LogP contribution in [-0.4, -0.2) is 19.3 Å². The second kappa shape index (κ2) is 11.7. The molecule has 0 bridgehead atoms. The first-order valence-electron chi connectivity index (χ1n) is 17.1. The molecule has 3 aromatic heterocycles. The van der Waals surface area contributed by atoms with Gasteiger partial charge in [-0.05, 0) is 106 Å². The molecule has 0 saturated heterocycles. The van der Waals surface area contributed by atoms with Gasteiger partial charge in [-0.25, -0.2) is 9.67 Å². The van der Waals surface area contributed by atoms with Crippen molar-refractivity contribution in [3.8, 4) is 34.1 Å². The number of unbranched alkanes of at least 4 members (excludes halogenated alkanes) is 1. The molecular weight excluding hydrogens is 552 g/mol. The topological polar surface area (TPSA) is 44.9 Å². The van der Waals surface area contributed by atoms with Crippen LogP contribution in [0.4, 0.5) is 0 Å². The van der Waals surface area contributed by atoms with Crippen LogP contribution in [0, 0.1) is 27.6 Å². The summed E-state index contributed by atoms with van der Waals surface area (Å²) in [6.07, 6.45) is 4.90. The molecule has 45 heavy (non-hydrogen) atoms. The number of benzene rings is 4. The second-order valence-corrected chi connectivity index (χ2v) is 11.8. The fraction of sp³-hybridized carbons (Fsp3) is 0.200. The van der Waals surface area contributed by atoms with Gasteiger partial charge in [0.05, 0.1) is 22.4 Å². The Morgan fingerprint density at radius 1 is 0.778 bits per heavy atom. The molecule has 0 radical (unpaired) electrons. The van der Waals surface area contributed by atoms with Crippen LogP contribution in [0.1, 0.15) is 52.0 Å². The Morgan fingerprint density at radius 3 is 2.44 bits per heavy atom. The van der Waals surface area contributed by atoms with Crippen molar-refractivity contribution in [2.24, 2.45) is 0 Å². The molecule has 5 nitrogen and oxygen atoms in total.